The van der Waals surface area contributed by atoms with Crippen LogP contribution in [0.2, 0.25) is 0 Å². The molecule has 1 aromatic heterocycles. The molecule has 1 aromatic rings. The minimum atomic E-state index is -3.25. The van der Waals surface area contributed by atoms with Gasteiger partial charge in [-0.2, -0.15) is 0 Å². The maximum Gasteiger partial charge on any atom is 0.272 e. The van der Waals surface area contributed by atoms with Crippen LogP contribution in [0, 0.1) is 6.92 Å². The number of carbonyl (C=O) groups is 1. The highest BCUT2D eigenvalue weighted by Crippen LogP contribution is 2.19. The van der Waals surface area contributed by atoms with Crippen LogP contribution in [0.5, 0.6) is 0 Å². The lowest BCUT2D eigenvalue weighted by Gasteiger charge is -2.35. The summed E-state index contributed by atoms with van der Waals surface area (Å²) in [5.41, 5.74) is 1.21. The number of amides is 1. The van der Waals surface area contributed by atoms with Crippen LogP contribution in [-0.4, -0.2) is 49.6 Å². The third kappa shape index (κ3) is 4.50. The highest BCUT2D eigenvalue weighted by atomic mass is 32.2. The second-order valence-corrected chi connectivity index (χ2v) is 7.27. The van der Waals surface area contributed by atoms with Gasteiger partial charge in [-0.1, -0.05) is 6.07 Å². The Kier molecular flexibility index (Phi) is 4.95. The maximum atomic E-state index is 12.6. The molecule has 1 saturated heterocycles. The number of pyridine rings is 1. The standard InChI is InChI=1S/C14H21N3O3S/c1-11-6-5-8-13(16-11)14(18)17-9-4-3-7-12(17)10-15-21(2,19)20/h5-6,8,12,15H,3-4,7,9-10H2,1-2H3/t12-/m0/s1. The number of nitrogens with one attached hydrogen (secondary N) is 1. The summed E-state index contributed by atoms with van der Waals surface area (Å²) >= 11 is 0. The lowest BCUT2D eigenvalue weighted by molar-refractivity contribution is 0.0612. The van der Waals surface area contributed by atoms with Crippen molar-refractivity contribution in [2.75, 3.05) is 19.3 Å². The van der Waals surface area contributed by atoms with Crippen molar-refractivity contribution in [3.63, 3.8) is 0 Å². The Bertz CT molecular complexity index is 616. The normalized spacial score (nSPS) is 19.5. The minimum absolute atomic E-state index is 0.108. The molecule has 0 bridgehead atoms. The average molecular weight is 311 g/mol. The molecule has 0 aromatic carbocycles. The third-order valence-corrected chi connectivity index (χ3v) is 4.27. The Labute approximate surface area is 125 Å². The number of aromatic nitrogens is 1. The van der Waals surface area contributed by atoms with Crippen LogP contribution >= 0.6 is 0 Å². The van der Waals surface area contributed by atoms with Crippen LogP contribution in [0.15, 0.2) is 18.2 Å². The van der Waals surface area contributed by atoms with E-state index >= 15 is 0 Å². The monoisotopic (exact) mass is 311 g/mol. The second kappa shape index (κ2) is 6.53. The summed E-state index contributed by atoms with van der Waals surface area (Å²) in [6.45, 7) is 2.75. The molecule has 0 saturated carbocycles. The van der Waals surface area contributed by atoms with Gasteiger partial charge in [-0.25, -0.2) is 18.1 Å². The minimum Gasteiger partial charge on any atom is -0.333 e. The van der Waals surface area contributed by atoms with E-state index in [1.807, 2.05) is 19.1 Å². The van der Waals surface area contributed by atoms with E-state index in [9.17, 15) is 13.2 Å². The van der Waals surface area contributed by atoms with Crippen molar-refractivity contribution < 1.29 is 13.2 Å². The number of hydrogen-bond donors (Lipinski definition) is 1. The van der Waals surface area contributed by atoms with Crippen molar-refractivity contribution in [3.05, 3.63) is 29.6 Å². The second-order valence-electron chi connectivity index (χ2n) is 5.43. The number of carbonyl (C=O) groups excluding carboxylic acids is 1. The predicted molar refractivity (Wildman–Crippen MR) is 80.5 cm³/mol. The summed E-state index contributed by atoms with van der Waals surface area (Å²) in [5.74, 6) is -0.126. The van der Waals surface area contributed by atoms with Crippen LogP contribution in [0.1, 0.15) is 35.4 Å². The molecule has 2 rings (SSSR count). The molecule has 1 aliphatic rings. The fourth-order valence-electron chi connectivity index (χ4n) is 2.54. The molecule has 116 valence electrons. The average Bonchev–Trinajstić information content (AvgIpc) is 2.44. The van der Waals surface area contributed by atoms with E-state index in [-0.39, 0.29) is 18.5 Å². The van der Waals surface area contributed by atoms with E-state index in [0.29, 0.717) is 12.2 Å². The molecule has 7 heteroatoms. The van der Waals surface area contributed by atoms with E-state index in [4.69, 9.17) is 0 Å². The number of likely N-dealkylation sites (tertiary alicyclic amines) is 1. The predicted octanol–water partition coefficient (Wildman–Crippen LogP) is 0.934. The number of sulfonamides is 1. The van der Waals surface area contributed by atoms with Crippen molar-refractivity contribution in [1.29, 1.82) is 0 Å². The van der Waals surface area contributed by atoms with Crippen LogP contribution in [0.4, 0.5) is 0 Å². The van der Waals surface area contributed by atoms with Crippen molar-refractivity contribution >= 4 is 15.9 Å². The Morgan fingerprint density at radius 1 is 1.43 bits per heavy atom. The van der Waals surface area contributed by atoms with E-state index in [1.165, 1.54) is 0 Å². The summed E-state index contributed by atoms with van der Waals surface area (Å²) in [4.78, 5) is 18.6. The van der Waals surface area contributed by atoms with Gasteiger partial charge >= 0.3 is 0 Å². The highest BCUT2D eigenvalue weighted by molar-refractivity contribution is 7.88. The summed E-state index contributed by atoms with van der Waals surface area (Å²) in [6.07, 6.45) is 3.87. The molecular weight excluding hydrogens is 290 g/mol. The van der Waals surface area contributed by atoms with Crippen molar-refractivity contribution in [2.24, 2.45) is 0 Å². The van der Waals surface area contributed by atoms with Crippen LogP contribution in [0.3, 0.4) is 0 Å². The molecule has 0 spiro atoms. The molecule has 6 nitrogen and oxygen atoms in total. The van der Waals surface area contributed by atoms with Gasteiger partial charge in [0, 0.05) is 24.8 Å². The lowest BCUT2D eigenvalue weighted by Crippen LogP contribution is -2.49. The molecular formula is C14H21N3O3S. The van der Waals surface area contributed by atoms with Crippen molar-refractivity contribution in [1.82, 2.24) is 14.6 Å². The smallest absolute Gasteiger partial charge is 0.272 e. The van der Waals surface area contributed by atoms with E-state index < -0.39 is 10.0 Å². The maximum absolute atomic E-state index is 12.6. The van der Waals surface area contributed by atoms with Crippen LogP contribution in [0.25, 0.3) is 0 Å². The van der Waals surface area contributed by atoms with E-state index in [1.54, 1.807) is 11.0 Å². The zero-order valence-corrected chi connectivity index (χ0v) is 13.2. The quantitative estimate of drug-likeness (QED) is 0.897. The lowest BCUT2D eigenvalue weighted by atomic mass is 10.0. The topological polar surface area (TPSA) is 79.4 Å². The largest absolute Gasteiger partial charge is 0.333 e. The van der Waals surface area contributed by atoms with Crippen molar-refractivity contribution in [3.8, 4) is 0 Å². The Morgan fingerprint density at radius 2 is 2.19 bits per heavy atom. The van der Waals surface area contributed by atoms with Gasteiger partial charge in [0.05, 0.1) is 6.26 Å². The summed E-state index contributed by atoms with van der Waals surface area (Å²) in [5, 5.41) is 0. The number of hydrogen-bond acceptors (Lipinski definition) is 4. The Hall–Kier alpha value is -1.47. The third-order valence-electron chi connectivity index (χ3n) is 3.58. The summed E-state index contributed by atoms with van der Waals surface area (Å²) in [7, 11) is -3.25. The molecule has 0 unspecified atom stereocenters. The first-order chi connectivity index (χ1) is 9.87. The Balaban J connectivity index is 2.12. The molecule has 1 amide bonds. The molecule has 1 aliphatic heterocycles. The van der Waals surface area contributed by atoms with Gasteiger partial charge in [-0.3, -0.25) is 4.79 Å². The first kappa shape index (κ1) is 15.9. The van der Waals surface area contributed by atoms with Gasteiger partial charge in [0.25, 0.3) is 5.91 Å². The van der Waals surface area contributed by atoms with Gasteiger partial charge in [0.2, 0.25) is 10.0 Å². The molecule has 1 fully saturated rings. The van der Waals surface area contributed by atoms with E-state index in [0.717, 1.165) is 31.2 Å². The fourth-order valence-corrected chi connectivity index (χ4v) is 3.03. The molecule has 1 N–H and O–H groups in total. The van der Waals surface area contributed by atoms with Crippen LogP contribution in [-0.2, 0) is 10.0 Å². The first-order valence-corrected chi connectivity index (χ1v) is 8.95. The van der Waals surface area contributed by atoms with Gasteiger partial charge in [0.15, 0.2) is 0 Å². The van der Waals surface area contributed by atoms with E-state index in [2.05, 4.69) is 9.71 Å². The number of aryl methyl sites for hydroxylation is 1. The fraction of sp³-hybridized carbons (Fsp3) is 0.571. The zero-order chi connectivity index (χ0) is 15.5. The molecule has 21 heavy (non-hydrogen) atoms. The number of nitrogens with zero attached hydrogens (tertiary/aromatic N) is 2. The number of rotatable bonds is 4. The molecule has 0 radical (unpaired) electrons. The van der Waals surface area contributed by atoms with Crippen molar-refractivity contribution in [2.45, 2.75) is 32.2 Å². The van der Waals surface area contributed by atoms with Gasteiger partial charge < -0.3 is 4.90 Å². The van der Waals surface area contributed by atoms with Gasteiger partial charge in [0.1, 0.15) is 5.69 Å². The molecule has 0 aliphatic carbocycles. The molecule has 1 atom stereocenters. The zero-order valence-electron chi connectivity index (χ0n) is 12.4. The SMILES string of the molecule is Cc1cccc(C(=O)N2CCCC[C@H]2CNS(C)(=O)=O)n1. The summed E-state index contributed by atoms with van der Waals surface area (Å²) in [6, 6.07) is 5.24. The van der Waals surface area contributed by atoms with Crippen LogP contribution < -0.4 is 4.72 Å². The van der Waals surface area contributed by atoms with Gasteiger partial charge in [-0.15, -0.1) is 0 Å². The number of piperidine rings is 1. The first-order valence-electron chi connectivity index (χ1n) is 7.06. The highest BCUT2D eigenvalue weighted by Gasteiger charge is 2.28. The Morgan fingerprint density at radius 3 is 2.86 bits per heavy atom. The van der Waals surface area contributed by atoms with Gasteiger partial charge in [-0.05, 0) is 38.3 Å². The molecule has 2 heterocycles. The summed E-state index contributed by atoms with van der Waals surface area (Å²) < 4.78 is 25.0.